The molecule has 2 unspecified atom stereocenters. The molecule has 0 spiro atoms. The molecule has 1 rings (SSSR count). The monoisotopic (exact) mass is 207 g/mol. The van der Waals surface area contributed by atoms with Gasteiger partial charge in [-0.25, -0.2) is 0 Å². The van der Waals surface area contributed by atoms with E-state index in [0.29, 0.717) is 6.54 Å². The third-order valence-corrected chi connectivity index (χ3v) is 3.21. The van der Waals surface area contributed by atoms with Gasteiger partial charge in [-0.05, 0) is 18.9 Å². The lowest BCUT2D eigenvalue weighted by Crippen LogP contribution is -2.44. The van der Waals surface area contributed by atoms with Crippen molar-refractivity contribution < 1.29 is 5.11 Å². The predicted octanol–water partition coefficient (Wildman–Crippen LogP) is 2.06. The van der Waals surface area contributed by atoms with Crippen LogP contribution in [-0.4, -0.2) is 17.8 Å². The fourth-order valence-corrected chi connectivity index (χ4v) is 2.20. The van der Waals surface area contributed by atoms with Gasteiger partial charge in [0.15, 0.2) is 0 Å². The summed E-state index contributed by atoms with van der Waals surface area (Å²) >= 11 is 0. The summed E-state index contributed by atoms with van der Waals surface area (Å²) < 4.78 is 0. The molecule has 0 saturated heterocycles. The number of aliphatic hydroxyl groups is 1. The molecule has 2 heteroatoms. The van der Waals surface area contributed by atoms with Crippen molar-refractivity contribution in [3.05, 3.63) is 35.9 Å². The Bertz CT molecular complexity index is 284. The highest BCUT2D eigenvalue weighted by atomic mass is 16.3. The van der Waals surface area contributed by atoms with Crippen LogP contribution in [-0.2, 0) is 5.41 Å². The summed E-state index contributed by atoms with van der Waals surface area (Å²) in [5, 5.41) is 9.97. The molecule has 0 aliphatic rings. The number of hydrogen-bond acceptors (Lipinski definition) is 2. The van der Waals surface area contributed by atoms with Crippen LogP contribution < -0.4 is 5.73 Å². The summed E-state index contributed by atoms with van der Waals surface area (Å²) in [7, 11) is 0. The Morgan fingerprint density at radius 3 is 2.33 bits per heavy atom. The summed E-state index contributed by atoms with van der Waals surface area (Å²) in [5.74, 6) is 0. The topological polar surface area (TPSA) is 46.2 Å². The summed E-state index contributed by atoms with van der Waals surface area (Å²) in [5.41, 5.74) is 6.73. The maximum atomic E-state index is 9.97. The SMILES string of the molecule is CCCC(CN)(c1ccccc1)C(C)O. The third kappa shape index (κ3) is 2.39. The van der Waals surface area contributed by atoms with Crippen molar-refractivity contribution in [2.75, 3.05) is 6.54 Å². The quantitative estimate of drug-likeness (QED) is 0.776. The first-order chi connectivity index (χ1) is 7.17. The zero-order chi connectivity index (χ0) is 11.3. The maximum absolute atomic E-state index is 9.97. The molecule has 0 aliphatic heterocycles. The van der Waals surface area contributed by atoms with Crippen LogP contribution in [0.4, 0.5) is 0 Å². The molecule has 0 amide bonds. The standard InChI is InChI=1S/C13H21NO/c1-3-9-13(10-14,11(2)15)12-7-5-4-6-8-12/h4-8,11,15H,3,9-10,14H2,1-2H3. The molecule has 1 aromatic carbocycles. The first kappa shape index (κ1) is 12.2. The fraction of sp³-hybridized carbons (Fsp3) is 0.538. The fourth-order valence-electron chi connectivity index (χ4n) is 2.20. The highest BCUT2D eigenvalue weighted by Crippen LogP contribution is 2.32. The van der Waals surface area contributed by atoms with Crippen molar-refractivity contribution in [2.45, 2.75) is 38.2 Å². The molecule has 0 aliphatic carbocycles. The van der Waals surface area contributed by atoms with Gasteiger partial charge < -0.3 is 10.8 Å². The molecule has 0 heterocycles. The lowest BCUT2D eigenvalue weighted by Gasteiger charge is -2.36. The van der Waals surface area contributed by atoms with Crippen molar-refractivity contribution in [1.82, 2.24) is 0 Å². The first-order valence-electron chi connectivity index (χ1n) is 5.61. The summed E-state index contributed by atoms with van der Waals surface area (Å²) in [6.45, 7) is 4.44. The largest absolute Gasteiger partial charge is 0.392 e. The second-order valence-corrected chi connectivity index (χ2v) is 4.15. The van der Waals surface area contributed by atoms with Gasteiger partial charge in [-0.2, -0.15) is 0 Å². The van der Waals surface area contributed by atoms with E-state index in [4.69, 9.17) is 5.73 Å². The van der Waals surface area contributed by atoms with E-state index in [1.165, 1.54) is 0 Å². The van der Waals surface area contributed by atoms with Crippen molar-refractivity contribution in [2.24, 2.45) is 5.73 Å². The minimum Gasteiger partial charge on any atom is -0.392 e. The van der Waals surface area contributed by atoms with Crippen LogP contribution in [0.2, 0.25) is 0 Å². The Morgan fingerprint density at radius 2 is 1.93 bits per heavy atom. The molecule has 3 N–H and O–H groups in total. The minimum absolute atomic E-state index is 0.282. The molecule has 1 aromatic rings. The predicted molar refractivity (Wildman–Crippen MR) is 63.8 cm³/mol. The van der Waals surface area contributed by atoms with Gasteiger partial charge >= 0.3 is 0 Å². The van der Waals surface area contributed by atoms with E-state index in [-0.39, 0.29) is 5.41 Å². The van der Waals surface area contributed by atoms with Crippen LogP contribution in [0.1, 0.15) is 32.3 Å². The Labute approximate surface area is 92.1 Å². The molecular weight excluding hydrogens is 186 g/mol. The number of hydrogen-bond donors (Lipinski definition) is 2. The normalized spacial score (nSPS) is 17.1. The van der Waals surface area contributed by atoms with Crippen LogP contribution in [0.25, 0.3) is 0 Å². The number of aliphatic hydroxyl groups excluding tert-OH is 1. The molecule has 2 nitrogen and oxygen atoms in total. The van der Waals surface area contributed by atoms with Crippen molar-refractivity contribution >= 4 is 0 Å². The van der Waals surface area contributed by atoms with Gasteiger partial charge in [0.1, 0.15) is 0 Å². The second kappa shape index (κ2) is 5.29. The zero-order valence-electron chi connectivity index (χ0n) is 9.61. The number of benzene rings is 1. The van der Waals surface area contributed by atoms with E-state index in [9.17, 15) is 5.11 Å². The van der Waals surface area contributed by atoms with Gasteiger partial charge in [0.2, 0.25) is 0 Å². The van der Waals surface area contributed by atoms with Gasteiger partial charge in [-0.1, -0.05) is 43.7 Å². The molecule has 0 saturated carbocycles. The smallest absolute Gasteiger partial charge is 0.0620 e. The molecular formula is C13H21NO. The van der Waals surface area contributed by atoms with Gasteiger partial charge in [0.25, 0.3) is 0 Å². The highest BCUT2D eigenvalue weighted by molar-refractivity contribution is 5.27. The summed E-state index contributed by atoms with van der Waals surface area (Å²) in [6.07, 6.45) is 1.53. The van der Waals surface area contributed by atoms with Gasteiger partial charge in [0, 0.05) is 12.0 Å². The van der Waals surface area contributed by atoms with Crippen molar-refractivity contribution in [1.29, 1.82) is 0 Å². The Balaban J connectivity index is 3.09. The molecule has 0 aromatic heterocycles. The van der Waals surface area contributed by atoms with Crippen LogP contribution >= 0.6 is 0 Å². The number of nitrogens with two attached hydrogens (primary N) is 1. The van der Waals surface area contributed by atoms with Crippen molar-refractivity contribution in [3.8, 4) is 0 Å². The van der Waals surface area contributed by atoms with E-state index < -0.39 is 6.10 Å². The lowest BCUT2D eigenvalue weighted by molar-refractivity contribution is 0.0937. The Morgan fingerprint density at radius 1 is 1.33 bits per heavy atom. The third-order valence-electron chi connectivity index (χ3n) is 3.21. The van der Waals surface area contributed by atoms with E-state index in [1.807, 2.05) is 25.1 Å². The lowest BCUT2D eigenvalue weighted by atomic mass is 9.73. The molecule has 0 radical (unpaired) electrons. The zero-order valence-corrected chi connectivity index (χ0v) is 9.61. The Hall–Kier alpha value is -0.860. The summed E-state index contributed by atoms with van der Waals surface area (Å²) in [6, 6.07) is 10.1. The van der Waals surface area contributed by atoms with E-state index in [0.717, 1.165) is 18.4 Å². The van der Waals surface area contributed by atoms with Crippen LogP contribution in [0, 0.1) is 0 Å². The second-order valence-electron chi connectivity index (χ2n) is 4.15. The van der Waals surface area contributed by atoms with E-state index in [2.05, 4.69) is 19.1 Å². The van der Waals surface area contributed by atoms with Crippen LogP contribution in [0.15, 0.2) is 30.3 Å². The molecule has 2 atom stereocenters. The Kier molecular flexibility index (Phi) is 4.30. The van der Waals surface area contributed by atoms with Gasteiger partial charge in [-0.3, -0.25) is 0 Å². The van der Waals surface area contributed by atoms with E-state index >= 15 is 0 Å². The van der Waals surface area contributed by atoms with E-state index in [1.54, 1.807) is 0 Å². The highest BCUT2D eigenvalue weighted by Gasteiger charge is 2.34. The van der Waals surface area contributed by atoms with Gasteiger partial charge in [-0.15, -0.1) is 0 Å². The first-order valence-corrected chi connectivity index (χ1v) is 5.61. The van der Waals surface area contributed by atoms with Crippen LogP contribution in [0.3, 0.4) is 0 Å². The van der Waals surface area contributed by atoms with Crippen molar-refractivity contribution in [3.63, 3.8) is 0 Å². The van der Waals surface area contributed by atoms with Crippen LogP contribution in [0.5, 0.6) is 0 Å². The average molecular weight is 207 g/mol. The average Bonchev–Trinajstić information content (AvgIpc) is 2.26. The molecule has 0 fully saturated rings. The van der Waals surface area contributed by atoms with Gasteiger partial charge in [0.05, 0.1) is 6.10 Å². The molecule has 0 bridgehead atoms. The number of rotatable bonds is 5. The maximum Gasteiger partial charge on any atom is 0.0620 e. The minimum atomic E-state index is -0.412. The molecule has 84 valence electrons. The molecule has 15 heavy (non-hydrogen) atoms. The summed E-state index contributed by atoms with van der Waals surface area (Å²) in [4.78, 5) is 0.